The van der Waals surface area contributed by atoms with Gasteiger partial charge < -0.3 is 24.8 Å². The number of carbonyl (C=O) groups is 2. The van der Waals surface area contributed by atoms with Crippen LogP contribution in [0.3, 0.4) is 0 Å². The zero-order valence-corrected chi connectivity index (χ0v) is 24.2. The first kappa shape index (κ1) is 33.1. The summed E-state index contributed by atoms with van der Waals surface area (Å²) >= 11 is 0. The Morgan fingerprint density at radius 3 is 2.48 bits per heavy atom. The van der Waals surface area contributed by atoms with E-state index in [1.54, 1.807) is 12.1 Å². The van der Waals surface area contributed by atoms with E-state index < -0.39 is 12.1 Å². The van der Waals surface area contributed by atoms with Crippen molar-refractivity contribution >= 4 is 17.9 Å². The van der Waals surface area contributed by atoms with E-state index in [-0.39, 0.29) is 49.2 Å². The lowest BCUT2D eigenvalue weighted by Gasteiger charge is -2.28. The number of amides is 2. The fraction of sp³-hybridized carbons (Fsp3) is 0.516. The number of alkyl halides is 3. The lowest BCUT2D eigenvalue weighted by molar-refractivity contribution is -0.183. The zero-order valence-electron chi connectivity index (χ0n) is 24.2. The molecular formula is C31H40F3N3O5. The molecule has 1 fully saturated rings. The van der Waals surface area contributed by atoms with Crippen LogP contribution in [0.15, 0.2) is 42.6 Å². The average Bonchev–Trinajstić information content (AvgIpc) is 2.98. The molecule has 3 rings (SSSR count). The summed E-state index contributed by atoms with van der Waals surface area (Å²) in [7, 11) is 1.49. The Hall–Kier alpha value is -3.44. The molecule has 2 aromatic rings. The van der Waals surface area contributed by atoms with Gasteiger partial charge in [0.15, 0.2) is 0 Å². The predicted octanol–water partition coefficient (Wildman–Crippen LogP) is 5.11. The number of hydrogen-bond donors (Lipinski definition) is 2. The van der Waals surface area contributed by atoms with E-state index in [1.165, 1.54) is 13.3 Å². The second-order valence-corrected chi connectivity index (χ2v) is 10.2. The van der Waals surface area contributed by atoms with Crippen LogP contribution in [0, 0.1) is 11.8 Å². The summed E-state index contributed by atoms with van der Waals surface area (Å²) in [6.45, 7) is 4.62. The van der Waals surface area contributed by atoms with Crippen molar-refractivity contribution in [1.82, 2.24) is 15.6 Å². The Bertz CT molecular complexity index is 1180. The molecule has 0 bridgehead atoms. The molecule has 0 aliphatic heterocycles. The smallest absolute Gasteiger partial charge is 0.391 e. The molecule has 0 unspecified atom stereocenters. The van der Waals surface area contributed by atoms with Crippen molar-refractivity contribution in [2.45, 2.75) is 51.7 Å². The molecule has 1 aliphatic carbocycles. The van der Waals surface area contributed by atoms with Gasteiger partial charge in [-0.25, -0.2) is 4.98 Å². The number of pyridine rings is 1. The first-order chi connectivity index (χ1) is 20.2. The van der Waals surface area contributed by atoms with Gasteiger partial charge in [-0.1, -0.05) is 36.4 Å². The number of aromatic nitrogens is 1. The minimum atomic E-state index is -4.14. The van der Waals surface area contributed by atoms with Gasteiger partial charge in [-0.05, 0) is 55.7 Å². The van der Waals surface area contributed by atoms with Gasteiger partial charge in [0, 0.05) is 25.3 Å². The van der Waals surface area contributed by atoms with Crippen LogP contribution in [0.4, 0.5) is 13.2 Å². The molecule has 1 aromatic heterocycles. The monoisotopic (exact) mass is 591 g/mol. The number of ether oxygens (including phenoxy) is 3. The van der Waals surface area contributed by atoms with Crippen LogP contribution in [0.5, 0.6) is 5.75 Å². The minimum absolute atomic E-state index is 0.0343. The normalized spacial score (nSPS) is 17.3. The molecular weight excluding hydrogens is 551 g/mol. The van der Waals surface area contributed by atoms with Gasteiger partial charge in [0.05, 0.1) is 45.5 Å². The van der Waals surface area contributed by atoms with Gasteiger partial charge in [0.25, 0.3) is 5.91 Å². The highest BCUT2D eigenvalue weighted by Gasteiger charge is 2.40. The fourth-order valence-electron chi connectivity index (χ4n) is 4.76. The number of rotatable bonds is 15. The molecule has 0 atom stereocenters. The highest BCUT2D eigenvalue weighted by molar-refractivity contribution is 5.93. The highest BCUT2D eigenvalue weighted by atomic mass is 19.4. The van der Waals surface area contributed by atoms with E-state index in [9.17, 15) is 22.8 Å². The maximum atomic E-state index is 13.0. The van der Waals surface area contributed by atoms with Crippen molar-refractivity contribution in [3.8, 4) is 5.75 Å². The van der Waals surface area contributed by atoms with E-state index in [4.69, 9.17) is 14.2 Å². The van der Waals surface area contributed by atoms with Crippen LogP contribution in [0.2, 0.25) is 0 Å². The Labute approximate surface area is 245 Å². The van der Waals surface area contributed by atoms with E-state index in [0.29, 0.717) is 57.1 Å². The quantitative estimate of drug-likeness (QED) is 0.279. The van der Waals surface area contributed by atoms with Crippen LogP contribution in [0.25, 0.3) is 6.08 Å². The van der Waals surface area contributed by atoms with Gasteiger partial charge in [0.2, 0.25) is 5.91 Å². The number of methoxy groups -OCH3 is 1. The van der Waals surface area contributed by atoms with Gasteiger partial charge in [-0.2, -0.15) is 13.2 Å². The van der Waals surface area contributed by atoms with Crippen LogP contribution in [-0.4, -0.2) is 63.1 Å². The third-order valence-corrected chi connectivity index (χ3v) is 7.09. The molecule has 0 radical (unpaired) electrons. The Morgan fingerprint density at radius 1 is 1.02 bits per heavy atom. The fourth-order valence-corrected chi connectivity index (χ4v) is 4.76. The van der Waals surface area contributed by atoms with Crippen molar-refractivity contribution in [2.24, 2.45) is 11.8 Å². The lowest BCUT2D eigenvalue weighted by atomic mass is 9.81. The summed E-state index contributed by atoms with van der Waals surface area (Å²) in [6, 6.07) is 9.01. The predicted molar refractivity (Wildman–Crippen MR) is 153 cm³/mol. The molecule has 0 saturated heterocycles. The van der Waals surface area contributed by atoms with Crippen molar-refractivity contribution in [3.63, 3.8) is 0 Å². The van der Waals surface area contributed by atoms with Crippen LogP contribution >= 0.6 is 0 Å². The largest absolute Gasteiger partial charge is 0.495 e. The molecule has 2 amide bonds. The molecule has 1 heterocycles. The molecule has 42 heavy (non-hydrogen) atoms. The average molecular weight is 592 g/mol. The summed E-state index contributed by atoms with van der Waals surface area (Å²) in [5.74, 6) is -1.24. The molecule has 1 aromatic carbocycles. The van der Waals surface area contributed by atoms with E-state index in [0.717, 1.165) is 11.1 Å². The van der Waals surface area contributed by atoms with Crippen molar-refractivity contribution in [1.29, 1.82) is 0 Å². The SMILES string of the molecule is CCOCCOCCNC(=O)Cc1cccc(CNC(=O)c2cc(/C=C/C3CCC(C(F)(F)F)CC3)c(OC)cn2)c1. The van der Waals surface area contributed by atoms with Gasteiger partial charge in [-0.15, -0.1) is 0 Å². The topological polar surface area (TPSA) is 98.8 Å². The molecule has 2 N–H and O–H groups in total. The number of halogens is 3. The Kier molecular flexibility index (Phi) is 13.3. The third-order valence-electron chi connectivity index (χ3n) is 7.09. The molecule has 1 saturated carbocycles. The Morgan fingerprint density at radius 2 is 1.76 bits per heavy atom. The minimum Gasteiger partial charge on any atom is -0.495 e. The van der Waals surface area contributed by atoms with Crippen molar-refractivity contribution < 1.29 is 37.0 Å². The summed E-state index contributed by atoms with van der Waals surface area (Å²) in [4.78, 5) is 29.3. The molecule has 230 valence electrons. The lowest BCUT2D eigenvalue weighted by Crippen LogP contribution is -2.29. The summed E-state index contributed by atoms with van der Waals surface area (Å²) in [5.41, 5.74) is 2.46. The summed E-state index contributed by atoms with van der Waals surface area (Å²) in [5, 5.41) is 5.67. The van der Waals surface area contributed by atoms with E-state index in [1.807, 2.05) is 37.3 Å². The van der Waals surface area contributed by atoms with E-state index >= 15 is 0 Å². The van der Waals surface area contributed by atoms with E-state index in [2.05, 4.69) is 15.6 Å². The second kappa shape index (κ2) is 16.9. The first-order valence-electron chi connectivity index (χ1n) is 14.3. The van der Waals surface area contributed by atoms with Gasteiger partial charge in [-0.3, -0.25) is 9.59 Å². The van der Waals surface area contributed by atoms with Crippen molar-refractivity contribution in [3.05, 3.63) is 65.0 Å². The standard InChI is InChI=1S/C31H40F3N3O5/c1-3-41-15-16-42-14-13-35-29(38)18-23-5-4-6-24(17-23)20-37-30(39)27-19-25(28(40-2)21-36-27)10-7-22-8-11-26(12-9-22)31(32,33)34/h4-7,10,17,19,21-22,26H,3,8-9,11-16,18,20H2,1-2H3,(H,35,38)(H,37,39)/b10-7+. The van der Waals surface area contributed by atoms with Gasteiger partial charge >= 0.3 is 6.18 Å². The highest BCUT2D eigenvalue weighted by Crippen LogP contribution is 2.40. The van der Waals surface area contributed by atoms with Crippen LogP contribution in [0.1, 0.15) is 59.8 Å². The number of benzene rings is 1. The maximum Gasteiger partial charge on any atom is 0.391 e. The number of carbonyl (C=O) groups excluding carboxylic acids is 2. The molecule has 0 spiro atoms. The molecule has 1 aliphatic rings. The molecule has 8 nitrogen and oxygen atoms in total. The Balaban J connectivity index is 1.49. The maximum absolute atomic E-state index is 13.0. The van der Waals surface area contributed by atoms with Crippen LogP contribution < -0.4 is 15.4 Å². The van der Waals surface area contributed by atoms with Crippen LogP contribution in [-0.2, 0) is 27.2 Å². The zero-order chi connectivity index (χ0) is 30.4. The number of nitrogens with one attached hydrogen (secondary N) is 2. The van der Waals surface area contributed by atoms with Gasteiger partial charge in [0.1, 0.15) is 11.4 Å². The summed E-state index contributed by atoms with van der Waals surface area (Å²) in [6.07, 6.45) is 2.37. The summed E-state index contributed by atoms with van der Waals surface area (Å²) < 4.78 is 54.8. The number of allylic oxidation sites excluding steroid dienone is 1. The number of nitrogens with zero attached hydrogens (tertiary/aromatic N) is 1. The van der Waals surface area contributed by atoms with Crippen molar-refractivity contribution in [2.75, 3.05) is 40.1 Å². The second-order valence-electron chi connectivity index (χ2n) is 10.2. The third kappa shape index (κ3) is 11.1. The molecule has 11 heteroatoms. The first-order valence-corrected chi connectivity index (χ1v) is 14.3. The number of hydrogen-bond acceptors (Lipinski definition) is 6.